The molecule has 0 bridgehead atoms. The summed E-state index contributed by atoms with van der Waals surface area (Å²) >= 11 is 0. The lowest BCUT2D eigenvalue weighted by molar-refractivity contribution is -0.0462. The minimum absolute atomic E-state index is 0.435. The van der Waals surface area contributed by atoms with Gasteiger partial charge in [-0.05, 0) is 30.6 Å². The van der Waals surface area contributed by atoms with E-state index < -0.39 is 0 Å². The molecule has 0 N–H and O–H groups in total. The van der Waals surface area contributed by atoms with Crippen LogP contribution in [0.3, 0.4) is 0 Å². The molecule has 4 rings (SSSR count). The van der Waals surface area contributed by atoms with Gasteiger partial charge in [0, 0.05) is 11.3 Å². The Morgan fingerprint density at radius 3 is 2.93 bits per heavy atom. The Labute approximate surface area is 85.5 Å². The van der Waals surface area contributed by atoms with Crippen LogP contribution in [0.5, 0.6) is 0 Å². The molecule has 1 heterocycles. The molecule has 2 saturated carbocycles. The lowest BCUT2D eigenvalue weighted by atomic mass is 9.41. The first kappa shape index (κ1) is 7.92. The van der Waals surface area contributed by atoms with Crippen LogP contribution in [0.25, 0.3) is 0 Å². The number of hydrogen-bond donors (Lipinski definition) is 0. The highest BCUT2D eigenvalue weighted by molar-refractivity contribution is 5.41. The van der Waals surface area contributed by atoms with Gasteiger partial charge in [-0.25, -0.2) is 0 Å². The summed E-state index contributed by atoms with van der Waals surface area (Å²) in [7, 11) is 0. The second-order valence-electron chi connectivity index (χ2n) is 6.59. The van der Waals surface area contributed by atoms with Crippen molar-refractivity contribution in [3.05, 3.63) is 11.6 Å². The van der Waals surface area contributed by atoms with Gasteiger partial charge in [-0.3, -0.25) is 0 Å². The second-order valence-corrected chi connectivity index (χ2v) is 6.59. The van der Waals surface area contributed by atoms with Crippen LogP contribution in [0.4, 0.5) is 0 Å². The number of fused-ring (bicyclic) bond motifs is 1. The zero-order chi connectivity index (χ0) is 9.72. The molecule has 1 unspecified atom stereocenters. The Kier molecular flexibility index (Phi) is 1.04. The van der Waals surface area contributed by atoms with Gasteiger partial charge in [-0.15, -0.1) is 0 Å². The fourth-order valence-electron chi connectivity index (χ4n) is 5.21. The van der Waals surface area contributed by atoms with Gasteiger partial charge in [0.1, 0.15) is 0 Å². The molecule has 1 saturated heterocycles. The van der Waals surface area contributed by atoms with E-state index >= 15 is 0 Å². The first-order chi connectivity index (χ1) is 6.56. The van der Waals surface area contributed by atoms with Gasteiger partial charge in [-0.2, -0.15) is 0 Å². The molecule has 0 aromatic carbocycles. The van der Waals surface area contributed by atoms with E-state index in [2.05, 4.69) is 26.8 Å². The zero-order valence-electron chi connectivity index (χ0n) is 9.21. The highest BCUT2D eigenvalue weighted by atomic mass is 16.5. The largest absolute Gasteiger partial charge is 0.376 e. The first-order valence-corrected chi connectivity index (χ1v) is 5.87. The quantitative estimate of drug-likeness (QED) is 0.533. The van der Waals surface area contributed by atoms with E-state index in [0.717, 1.165) is 24.4 Å². The van der Waals surface area contributed by atoms with Crippen molar-refractivity contribution >= 4 is 0 Å². The molecule has 5 atom stereocenters. The van der Waals surface area contributed by atoms with Crippen LogP contribution in [0.2, 0.25) is 0 Å². The van der Waals surface area contributed by atoms with E-state index in [4.69, 9.17) is 4.74 Å². The van der Waals surface area contributed by atoms with Crippen LogP contribution in [-0.4, -0.2) is 12.7 Å². The van der Waals surface area contributed by atoms with Gasteiger partial charge in [0.2, 0.25) is 0 Å². The third kappa shape index (κ3) is 0.542. The van der Waals surface area contributed by atoms with Crippen LogP contribution in [0, 0.1) is 28.6 Å². The molecule has 14 heavy (non-hydrogen) atoms. The first-order valence-electron chi connectivity index (χ1n) is 5.87. The Balaban J connectivity index is 1.83. The van der Waals surface area contributed by atoms with Crippen molar-refractivity contribution in [1.82, 2.24) is 0 Å². The Bertz CT molecular complexity index is 354. The molecule has 1 spiro atoms. The summed E-state index contributed by atoms with van der Waals surface area (Å²) in [5, 5.41) is 0. The van der Waals surface area contributed by atoms with Crippen molar-refractivity contribution in [3.63, 3.8) is 0 Å². The second kappa shape index (κ2) is 1.84. The molecule has 1 aliphatic heterocycles. The maximum absolute atomic E-state index is 6.07. The Morgan fingerprint density at radius 1 is 1.43 bits per heavy atom. The molecular formula is C13H18O. The summed E-state index contributed by atoms with van der Waals surface area (Å²) in [6.45, 7) is 8.11. The highest BCUT2D eigenvalue weighted by Crippen LogP contribution is 2.77. The van der Waals surface area contributed by atoms with Gasteiger partial charge < -0.3 is 4.74 Å². The van der Waals surface area contributed by atoms with E-state index in [1.54, 1.807) is 5.57 Å². The molecule has 0 radical (unpaired) electrons. The average molecular weight is 190 g/mol. The van der Waals surface area contributed by atoms with E-state index in [9.17, 15) is 0 Å². The molecule has 76 valence electrons. The van der Waals surface area contributed by atoms with Crippen molar-refractivity contribution < 1.29 is 4.74 Å². The maximum Gasteiger partial charge on any atom is 0.0666 e. The molecular weight excluding hydrogens is 172 g/mol. The van der Waals surface area contributed by atoms with Crippen LogP contribution in [0.15, 0.2) is 11.6 Å². The van der Waals surface area contributed by atoms with Gasteiger partial charge in [-0.1, -0.05) is 25.5 Å². The van der Waals surface area contributed by atoms with E-state index in [-0.39, 0.29) is 0 Å². The highest BCUT2D eigenvalue weighted by Gasteiger charge is 2.76. The minimum Gasteiger partial charge on any atom is -0.376 e. The zero-order valence-corrected chi connectivity index (χ0v) is 9.21. The van der Waals surface area contributed by atoms with E-state index in [1.165, 1.54) is 6.42 Å². The Hall–Kier alpha value is -0.300. The lowest BCUT2D eigenvalue weighted by Gasteiger charge is -2.62. The van der Waals surface area contributed by atoms with Crippen molar-refractivity contribution in [2.24, 2.45) is 28.6 Å². The van der Waals surface area contributed by atoms with Crippen LogP contribution < -0.4 is 0 Å². The summed E-state index contributed by atoms with van der Waals surface area (Å²) in [6.07, 6.45) is 4.47. The average Bonchev–Trinajstić information content (AvgIpc) is 2.49. The summed E-state index contributed by atoms with van der Waals surface area (Å²) < 4.78 is 6.07. The molecule has 1 heteroatoms. The smallest absolute Gasteiger partial charge is 0.0666 e. The standard InChI is InChI=1S/C13H18O/c1-7-4-13-6-14-11-10(13)8(9(7)13)5-12(11,2)3/h4,8-11H,5-6H2,1-3H3/t8-,9+,10+,11+,13?/m0/s1. The van der Waals surface area contributed by atoms with Crippen molar-refractivity contribution in [1.29, 1.82) is 0 Å². The minimum atomic E-state index is 0.435. The van der Waals surface area contributed by atoms with Crippen molar-refractivity contribution in [2.45, 2.75) is 33.3 Å². The molecule has 4 aliphatic rings. The third-order valence-electron chi connectivity index (χ3n) is 5.45. The summed E-state index contributed by atoms with van der Waals surface area (Å²) in [6, 6.07) is 0. The summed E-state index contributed by atoms with van der Waals surface area (Å²) in [4.78, 5) is 0. The number of ether oxygens (including phenoxy) is 1. The fraction of sp³-hybridized carbons (Fsp3) is 0.846. The van der Waals surface area contributed by atoms with E-state index in [0.29, 0.717) is 16.9 Å². The Morgan fingerprint density at radius 2 is 2.21 bits per heavy atom. The monoisotopic (exact) mass is 190 g/mol. The summed E-state index contributed by atoms with van der Waals surface area (Å²) in [5.41, 5.74) is 2.60. The molecule has 1 nitrogen and oxygen atoms in total. The van der Waals surface area contributed by atoms with Gasteiger partial charge in [0.25, 0.3) is 0 Å². The van der Waals surface area contributed by atoms with Crippen molar-refractivity contribution in [3.8, 4) is 0 Å². The fourth-order valence-corrected chi connectivity index (χ4v) is 5.21. The predicted molar refractivity (Wildman–Crippen MR) is 54.8 cm³/mol. The number of hydrogen-bond acceptors (Lipinski definition) is 1. The molecule has 3 aliphatic carbocycles. The molecule has 3 fully saturated rings. The maximum atomic E-state index is 6.07. The van der Waals surface area contributed by atoms with Crippen LogP contribution >= 0.6 is 0 Å². The summed E-state index contributed by atoms with van der Waals surface area (Å²) in [5.74, 6) is 2.74. The van der Waals surface area contributed by atoms with Crippen molar-refractivity contribution in [2.75, 3.05) is 6.61 Å². The van der Waals surface area contributed by atoms with Crippen LogP contribution in [0.1, 0.15) is 27.2 Å². The number of rotatable bonds is 0. The third-order valence-corrected chi connectivity index (χ3v) is 5.45. The van der Waals surface area contributed by atoms with Gasteiger partial charge in [0.05, 0.1) is 12.7 Å². The van der Waals surface area contributed by atoms with Gasteiger partial charge in [0.15, 0.2) is 0 Å². The molecule has 0 aromatic rings. The molecule has 0 amide bonds. The lowest BCUT2D eigenvalue weighted by Crippen LogP contribution is -2.59. The predicted octanol–water partition coefficient (Wildman–Crippen LogP) is 2.62. The normalized spacial score (nSPS) is 60.9. The number of allylic oxidation sites excluding steroid dienone is 1. The topological polar surface area (TPSA) is 9.23 Å². The van der Waals surface area contributed by atoms with E-state index in [1.807, 2.05) is 0 Å². The SMILES string of the molecule is CC1=CC23CO[C@@H]4[C@H]2[C@@H](CC4(C)C)[C@@H]13. The molecule has 0 aromatic heterocycles. The van der Waals surface area contributed by atoms with Gasteiger partial charge >= 0.3 is 0 Å². The van der Waals surface area contributed by atoms with Crippen LogP contribution in [-0.2, 0) is 4.74 Å².